The van der Waals surface area contributed by atoms with Crippen LogP contribution in [0, 0.1) is 0 Å². The average Bonchev–Trinajstić information content (AvgIpc) is 2.75. The van der Waals surface area contributed by atoms with E-state index in [1.165, 1.54) is 17.5 Å². The maximum atomic E-state index is 10.1. The van der Waals surface area contributed by atoms with Gasteiger partial charge in [0, 0.05) is 0 Å². The largest absolute Gasteiger partial charge is 0.497 e. The summed E-state index contributed by atoms with van der Waals surface area (Å²) in [4.78, 5) is 4.04. The van der Waals surface area contributed by atoms with E-state index in [0.29, 0.717) is 15.1 Å². The van der Waals surface area contributed by atoms with Crippen molar-refractivity contribution in [2.45, 2.75) is 6.10 Å². The average molecular weight is 256 g/mol. The smallest absolute Gasteiger partial charge is 0.131 e. The van der Waals surface area contributed by atoms with Crippen LogP contribution in [-0.4, -0.2) is 17.2 Å². The summed E-state index contributed by atoms with van der Waals surface area (Å²) in [5.74, 6) is 0.708. The molecule has 0 saturated carbocycles. The van der Waals surface area contributed by atoms with E-state index < -0.39 is 6.10 Å². The quantitative estimate of drug-likeness (QED) is 0.917. The van der Waals surface area contributed by atoms with Crippen LogP contribution in [0.1, 0.15) is 16.7 Å². The van der Waals surface area contributed by atoms with Crippen molar-refractivity contribution in [1.82, 2.24) is 4.98 Å². The minimum Gasteiger partial charge on any atom is -0.497 e. The molecular weight excluding hydrogens is 246 g/mol. The summed E-state index contributed by atoms with van der Waals surface area (Å²) in [5, 5.41) is 10.6. The van der Waals surface area contributed by atoms with Crippen molar-refractivity contribution in [1.29, 1.82) is 0 Å². The van der Waals surface area contributed by atoms with Crippen LogP contribution < -0.4 is 4.74 Å². The lowest BCUT2D eigenvalue weighted by Gasteiger charge is -2.09. The minimum atomic E-state index is -0.757. The number of aliphatic hydroxyl groups is 1. The highest BCUT2D eigenvalue weighted by Crippen LogP contribution is 2.29. The number of hydrogen-bond acceptors (Lipinski definition) is 4. The third-order valence-electron chi connectivity index (χ3n) is 2.14. The van der Waals surface area contributed by atoms with E-state index >= 15 is 0 Å². The maximum absolute atomic E-state index is 10.1. The van der Waals surface area contributed by atoms with Crippen molar-refractivity contribution >= 4 is 22.9 Å². The van der Waals surface area contributed by atoms with E-state index in [0.717, 1.165) is 5.56 Å². The van der Waals surface area contributed by atoms with Crippen LogP contribution in [0.3, 0.4) is 0 Å². The van der Waals surface area contributed by atoms with Crippen LogP contribution in [-0.2, 0) is 0 Å². The fourth-order valence-corrected chi connectivity index (χ4v) is 2.29. The van der Waals surface area contributed by atoms with Crippen molar-refractivity contribution in [3.8, 4) is 5.75 Å². The first kappa shape index (κ1) is 11.4. The molecule has 2 aromatic rings. The number of hydrogen-bond donors (Lipinski definition) is 1. The van der Waals surface area contributed by atoms with Gasteiger partial charge in [-0.3, -0.25) is 0 Å². The molecule has 3 nitrogen and oxygen atoms in total. The molecule has 1 N–H and O–H groups in total. The lowest BCUT2D eigenvalue weighted by Crippen LogP contribution is -1.98. The second-order valence-electron chi connectivity index (χ2n) is 3.18. The zero-order chi connectivity index (χ0) is 11.5. The van der Waals surface area contributed by atoms with E-state index in [9.17, 15) is 5.11 Å². The normalized spacial score (nSPS) is 12.4. The molecular formula is C11H10ClNO2S. The second-order valence-corrected chi connectivity index (χ2v) is 4.88. The number of aromatic nitrogens is 1. The van der Waals surface area contributed by atoms with Gasteiger partial charge in [-0.05, 0) is 17.7 Å². The zero-order valence-corrected chi connectivity index (χ0v) is 10.1. The Kier molecular flexibility index (Phi) is 3.43. The highest BCUT2D eigenvalue weighted by atomic mass is 35.5. The van der Waals surface area contributed by atoms with Gasteiger partial charge in [-0.1, -0.05) is 23.7 Å². The predicted molar refractivity (Wildman–Crippen MR) is 64.2 cm³/mol. The number of methoxy groups -OCH3 is 1. The van der Waals surface area contributed by atoms with Crippen LogP contribution in [0.2, 0.25) is 4.34 Å². The van der Waals surface area contributed by atoms with E-state index in [2.05, 4.69) is 4.98 Å². The molecule has 84 valence electrons. The molecule has 1 heterocycles. The Morgan fingerprint density at radius 1 is 1.50 bits per heavy atom. The standard InChI is InChI=1S/C11H10ClNO2S/c1-15-8-4-2-3-7(5-8)10(14)11-13-6-9(12)16-11/h2-6,10,14H,1H3. The number of thiazole rings is 1. The number of ether oxygens (including phenoxy) is 1. The van der Waals surface area contributed by atoms with Crippen LogP contribution in [0.25, 0.3) is 0 Å². The summed E-state index contributed by atoms with van der Waals surface area (Å²) in [7, 11) is 1.59. The molecule has 0 fully saturated rings. The van der Waals surface area contributed by atoms with E-state index in [1.54, 1.807) is 13.2 Å². The monoisotopic (exact) mass is 255 g/mol. The summed E-state index contributed by atoms with van der Waals surface area (Å²) in [5.41, 5.74) is 0.741. The highest BCUT2D eigenvalue weighted by Gasteiger charge is 2.14. The number of rotatable bonds is 3. The molecule has 0 radical (unpaired) electrons. The van der Waals surface area contributed by atoms with Gasteiger partial charge in [0.25, 0.3) is 0 Å². The highest BCUT2D eigenvalue weighted by molar-refractivity contribution is 7.15. The maximum Gasteiger partial charge on any atom is 0.131 e. The van der Waals surface area contributed by atoms with Crippen LogP contribution in [0.4, 0.5) is 0 Å². The van der Waals surface area contributed by atoms with Gasteiger partial charge in [-0.25, -0.2) is 4.98 Å². The Balaban J connectivity index is 2.29. The number of halogens is 1. The van der Waals surface area contributed by atoms with Gasteiger partial charge < -0.3 is 9.84 Å². The molecule has 1 aromatic carbocycles. The minimum absolute atomic E-state index is 0.567. The molecule has 0 aliphatic rings. The van der Waals surface area contributed by atoms with Crippen LogP contribution in [0.15, 0.2) is 30.5 Å². The Hall–Kier alpha value is -1.10. The fourth-order valence-electron chi connectivity index (χ4n) is 1.35. The van der Waals surface area contributed by atoms with Crippen molar-refractivity contribution in [2.24, 2.45) is 0 Å². The predicted octanol–water partition coefficient (Wildman–Crippen LogP) is 2.89. The molecule has 1 unspecified atom stereocenters. The molecule has 1 atom stereocenters. The van der Waals surface area contributed by atoms with Gasteiger partial charge in [-0.15, -0.1) is 11.3 Å². The molecule has 0 spiro atoms. The summed E-state index contributed by atoms with van der Waals surface area (Å²) in [6.45, 7) is 0. The topological polar surface area (TPSA) is 42.4 Å². The first-order valence-electron chi connectivity index (χ1n) is 4.64. The first-order chi connectivity index (χ1) is 7.70. The van der Waals surface area contributed by atoms with Crippen molar-refractivity contribution in [3.63, 3.8) is 0 Å². The Labute approximate surface area is 102 Å². The SMILES string of the molecule is COc1cccc(C(O)c2ncc(Cl)s2)c1. The van der Waals surface area contributed by atoms with Gasteiger partial charge in [0.1, 0.15) is 21.2 Å². The second kappa shape index (κ2) is 4.82. The third-order valence-corrected chi connectivity index (χ3v) is 3.31. The van der Waals surface area contributed by atoms with Crippen LogP contribution in [0.5, 0.6) is 5.75 Å². The summed E-state index contributed by atoms with van der Waals surface area (Å²) in [6, 6.07) is 7.25. The zero-order valence-electron chi connectivity index (χ0n) is 8.55. The summed E-state index contributed by atoms with van der Waals surface area (Å²) >= 11 is 7.04. The molecule has 0 saturated heterocycles. The van der Waals surface area contributed by atoms with Gasteiger partial charge in [0.15, 0.2) is 0 Å². The van der Waals surface area contributed by atoms with E-state index in [1.807, 2.05) is 18.2 Å². The molecule has 16 heavy (non-hydrogen) atoms. The van der Waals surface area contributed by atoms with Gasteiger partial charge in [-0.2, -0.15) is 0 Å². The number of benzene rings is 1. The van der Waals surface area contributed by atoms with Gasteiger partial charge in [0.2, 0.25) is 0 Å². The number of aliphatic hydroxyl groups excluding tert-OH is 1. The number of nitrogens with zero attached hydrogens (tertiary/aromatic N) is 1. The summed E-state index contributed by atoms with van der Waals surface area (Å²) < 4.78 is 5.66. The molecule has 0 aliphatic carbocycles. The Bertz CT molecular complexity index is 486. The van der Waals surface area contributed by atoms with E-state index in [-0.39, 0.29) is 0 Å². The molecule has 0 bridgehead atoms. The third kappa shape index (κ3) is 2.35. The van der Waals surface area contributed by atoms with Crippen LogP contribution >= 0.6 is 22.9 Å². The van der Waals surface area contributed by atoms with Crippen molar-refractivity contribution < 1.29 is 9.84 Å². The van der Waals surface area contributed by atoms with Gasteiger partial charge in [0.05, 0.1) is 13.3 Å². The fraction of sp³-hybridized carbons (Fsp3) is 0.182. The molecule has 0 aliphatic heterocycles. The van der Waals surface area contributed by atoms with E-state index in [4.69, 9.17) is 16.3 Å². The lowest BCUT2D eigenvalue weighted by atomic mass is 10.1. The van der Waals surface area contributed by atoms with Crippen molar-refractivity contribution in [2.75, 3.05) is 7.11 Å². The molecule has 0 amide bonds. The molecule has 5 heteroatoms. The van der Waals surface area contributed by atoms with Crippen molar-refractivity contribution in [3.05, 3.63) is 45.4 Å². The molecule has 1 aromatic heterocycles. The summed E-state index contributed by atoms with van der Waals surface area (Å²) in [6.07, 6.45) is 0.776. The molecule has 2 rings (SSSR count). The first-order valence-corrected chi connectivity index (χ1v) is 5.83. The Morgan fingerprint density at radius 3 is 2.94 bits per heavy atom. The van der Waals surface area contributed by atoms with Gasteiger partial charge >= 0.3 is 0 Å². The lowest BCUT2D eigenvalue weighted by molar-refractivity contribution is 0.219. The Morgan fingerprint density at radius 2 is 2.31 bits per heavy atom.